The van der Waals surface area contributed by atoms with E-state index in [1.165, 1.54) is 10.4 Å². The van der Waals surface area contributed by atoms with Crippen LogP contribution in [0.15, 0.2) is 30.3 Å². The summed E-state index contributed by atoms with van der Waals surface area (Å²) in [4.78, 5) is 33.3. The Kier molecular flexibility index (Phi) is 5.83. The lowest BCUT2D eigenvalue weighted by Crippen LogP contribution is -2.51. The highest BCUT2D eigenvalue weighted by atomic mass is 35.5. The zero-order valence-corrected chi connectivity index (χ0v) is 18.4. The molecule has 0 N–H and O–H groups in total. The number of hydrogen-bond donors (Lipinski definition) is 0. The molecule has 1 aliphatic carbocycles. The van der Waals surface area contributed by atoms with Crippen LogP contribution >= 0.6 is 22.9 Å². The van der Waals surface area contributed by atoms with Crippen molar-refractivity contribution in [3.05, 3.63) is 50.7 Å². The number of aryl methyl sites for hydroxylation is 1. The van der Waals surface area contributed by atoms with Crippen molar-refractivity contribution in [1.29, 1.82) is 0 Å². The average Bonchev–Trinajstić information content (AvgIpc) is 3.16. The summed E-state index contributed by atoms with van der Waals surface area (Å²) in [7, 11) is 3.55. The summed E-state index contributed by atoms with van der Waals surface area (Å²) >= 11 is 7.70. The third-order valence-electron chi connectivity index (χ3n) is 5.81. The van der Waals surface area contributed by atoms with Crippen LogP contribution < -0.4 is 4.90 Å². The van der Waals surface area contributed by atoms with Gasteiger partial charge in [0.15, 0.2) is 0 Å². The van der Waals surface area contributed by atoms with Crippen LogP contribution in [-0.4, -0.2) is 61.9 Å². The summed E-state index contributed by atoms with van der Waals surface area (Å²) in [6, 6.07) is 9.88. The van der Waals surface area contributed by atoms with E-state index in [4.69, 9.17) is 11.6 Å². The van der Waals surface area contributed by atoms with Gasteiger partial charge < -0.3 is 14.7 Å². The van der Waals surface area contributed by atoms with Crippen LogP contribution in [0.2, 0.25) is 5.02 Å². The first-order valence-electron chi connectivity index (χ1n) is 10.0. The van der Waals surface area contributed by atoms with Crippen LogP contribution in [0, 0.1) is 5.92 Å². The number of benzene rings is 1. The molecule has 4 rings (SSSR count). The predicted molar refractivity (Wildman–Crippen MR) is 118 cm³/mol. The van der Waals surface area contributed by atoms with E-state index in [9.17, 15) is 9.59 Å². The van der Waals surface area contributed by atoms with Crippen LogP contribution in [0.4, 0.5) is 5.69 Å². The van der Waals surface area contributed by atoms with E-state index < -0.39 is 0 Å². The summed E-state index contributed by atoms with van der Waals surface area (Å²) in [6.07, 6.45) is 2.51. The van der Waals surface area contributed by atoms with Gasteiger partial charge in [0.05, 0.1) is 4.88 Å². The Balaban J connectivity index is 1.37. The maximum Gasteiger partial charge on any atom is 0.263 e. The maximum absolute atomic E-state index is 13.1. The molecule has 1 saturated heterocycles. The quantitative estimate of drug-likeness (QED) is 0.746. The first-order chi connectivity index (χ1) is 13.9. The fourth-order valence-corrected chi connectivity index (χ4v) is 5.59. The second-order valence-corrected chi connectivity index (χ2v) is 9.56. The number of carbonyl (C=O) groups is 2. The molecule has 7 heteroatoms. The zero-order chi connectivity index (χ0) is 20.5. The molecule has 5 nitrogen and oxygen atoms in total. The third-order valence-corrected chi connectivity index (χ3v) is 7.27. The number of nitrogens with zero attached hydrogens (tertiary/aromatic N) is 3. The van der Waals surface area contributed by atoms with Crippen molar-refractivity contribution in [2.24, 2.45) is 5.92 Å². The molecular weight excluding hydrogens is 406 g/mol. The molecule has 2 heterocycles. The molecule has 2 amide bonds. The number of hydrogen-bond acceptors (Lipinski definition) is 4. The van der Waals surface area contributed by atoms with Gasteiger partial charge in [0, 0.05) is 61.8 Å². The monoisotopic (exact) mass is 431 g/mol. The van der Waals surface area contributed by atoms with Crippen molar-refractivity contribution in [2.75, 3.05) is 45.2 Å². The van der Waals surface area contributed by atoms with E-state index in [1.54, 1.807) is 30.3 Å². The molecule has 1 aliphatic heterocycles. The Morgan fingerprint density at radius 1 is 1.14 bits per heavy atom. The highest BCUT2D eigenvalue weighted by molar-refractivity contribution is 7.14. The molecule has 0 bridgehead atoms. The molecule has 1 aromatic carbocycles. The van der Waals surface area contributed by atoms with Crippen LogP contribution in [0.25, 0.3) is 0 Å². The average molecular weight is 432 g/mol. The van der Waals surface area contributed by atoms with Crippen LogP contribution in [0.5, 0.6) is 0 Å². The number of fused-ring (bicyclic) bond motifs is 1. The van der Waals surface area contributed by atoms with Gasteiger partial charge in [-0.1, -0.05) is 17.7 Å². The molecule has 0 unspecified atom stereocenters. The fourth-order valence-electron chi connectivity index (χ4n) is 4.18. The van der Waals surface area contributed by atoms with Gasteiger partial charge in [0.2, 0.25) is 5.91 Å². The normalized spacial score (nSPS) is 19.1. The largest absolute Gasteiger partial charge is 0.368 e. The Hall–Kier alpha value is -2.05. The molecule has 1 fully saturated rings. The molecule has 0 spiro atoms. The van der Waals surface area contributed by atoms with Crippen molar-refractivity contribution in [1.82, 2.24) is 9.80 Å². The number of amides is 2. The van der Waals surface area contributed by atoms with Gasteiger partial charge in [-0.25, -0.2) is 0 Å². The van der Waals surface area contributed by atoms with Gasteiger partial charge in [0.25, 0.3) is 5.91 Å². The maximum atomic E-state index is 13.1. The van der Waals surface area contributed by atoms with E-state index in [2.05, 4.69) is 11.0 Å². The summed E-state index contributed by atoms with van der Waals surface area (Å²) < 4.78 is 0. The number of halogens is 1. The van der Waals surface area contributed by atoms with E-state index in [0.29, 0.717) is 0 Å². The SMILES string of the molecule is CN(C)C(=O)c1cc2c(s1)CC[C@@H](C(=O)N1CCN(c3cccc(Cl)c3)CC1)C2. The van der Waals surface area contributed by atoms with Crippen LogP contribution in [0.3, 0.4) is 0 Å². The Morgan fingerprint density at radius 3 is 2.59 bits per heavy atom. The highest BCUT2D eigenvalue weighted by Crippen LogP contribution is 2.34. The second kappa shape index (κ2) is 8.36. The fraction of sp³-hybridized carbons (Fsp3) is 0.455. The number of piperazine rings is 1. The lowest BCUT2D eigenvalue weighted by molar-refractivity contribution is -0.136. The molecule has 0 saturated carbocycles. The minimum absolute atomic E-state index is 0.0251. The first-order valence-corrected chi connectivity index (χ1v) is 11.2. The van der Waals surface area contributed by atoms with Gasteiger partial charge in [0.1, 0.15) is 0 Å². The lowest BCUT2D eigenvalue weighted by Gasteiger charge is -2.38. The summed E-state index contributed by atoms with van der Waals surface area (Å²) in [6.45, 7) is 3.12. The molecule has 2 aliphatic rings. The minimum atomic E-state index is 0.0251. The Labute approximate surface area is 180 Å². The van der Waals surface area contributed by atoms with Gasteiger partial charge in [-0.05, 0) is 49.1 Å². The minimum Gasteiger partial charge on any atom is -0.368 e. The number of rotatable bonds is 3. The smallest absolute Gasteiger partial charge is 0.263 e. The van der Waals surface area contributed by atoms with E-state index in [1.807, 2.05) is 29.2 Å². The van der Waals surface area contributed by atoms with Gasteiger partial charge in [-0.15, -0.1) is 11.3 Å². The second-order valence-electron chi connectivity index (χ2n) is 7.99. The molecule has 2 aromatic rings. The Bertz CT molecular complexity index is 919. The van der Waals surface area contributed by atoms with E-state index in [-0.39, 0.29) is 17.7 Å². The summed E-state index contributed by atoms with van der Waals surface area (Å²) in [5.74, 6) is 0.328. The third kappa shape index (κ3) is 4.28. The van der Waals surface area contributed by atoms with Crippen molar-refractivity contribution in [2.45, 2.75) is 19.3 Å². The predicted octanol–water partition coefficient (Wildman–Crippen LogP) is 3.56. The van der Waals surface area contributed by atoms with Gasteiger partial charge in [-0.2, -0.15) is 0 Å². The van der Waals surface area contributed by atoms with Crippen LogP contribution in [0.1, 0.15) is 26.5 Å². The van der Waals surface area contributed by atoms with Gasteiger partial charge in [-0.3, -0.25) is 9.59 Å². The molecule has 1 atom stereocenters. The topological polar surface area (TPSA) is 43.9 Å². The van der Waals surface area contributed by atoms with Crippen molar-refractivity contribution in [3.8, 4) is 0 Å². The molecular formula is C22H26ClN3O2S. The van der Waals surface area contributed by atoms with Crippen molar-refractivity contribution in [3.63, 3.8) is 0 Å². The first kappa shape index (κ1) is 20.2. The standard InChI is InChI=1S/C22H26ClN3O2S/c1-24(2)22(28)20-13-16-12-15(6-7-19(16)29-20)21(27)26-10-8-25(9-11-26)18-5-3-4-17(23)14-18/h3-5,13-15H,6-12H2,1-2H3/t15-/m1/s1. The number of anilines is 1. The molecule has 154 valence electrons. The van der Waals surface area contributed by atoms with E-state index >= 15 is 0 Å². The van der Waals surface area contributed by atoms with Crippen molar-refractivity contribution >= 4 is 40.4 Å². The van der Waals surface area contributed by atoms with Crippen molar-refractivity contribution < 1.29 is 9.59 Å². The number of thiophene rings is 1. The lowest BCUT2D eigenvalue weighted by atomic mass is 9.87. The summed E-state index contributed by atoms with van der Waals surface area (Å²) in [5.41, 5.74) is 2.30. The van der Waals surface area contributed by atoms with Crippen LogP contribution in [-0.2, 0) is 17.6 Å². The Morgan fingerprint density at radius 2 is 1.90 bits per heavy atom. The summed E-state index contributed by atoms with van der Waals surface area (Å²) in [5, 5.41) is 0.738. The van der Waals surface area contributed by atoms with E-state index in [0.717, 1.165) is 61.0 Å². The number of carbonyl (C=O) groups excluding carboxylic acids is 2. The van der Waals surface area contributed by atoms with Gasteiger partial charge >= 0.3 is 0 Å². The molecule has 1 aromatic heterocycles. The zero-order valence-electron chi connectivity index (χ0n) is 16.9. The molecule has 29 heavy (non-hydrogen) atoms. The molecule has 0 radical (unpaired) electrons. The highest BCUT2D eigenvalue weighted by Gasteiger charge is 2.32.